The van der Waals surface area contributed by atoms with Crippen molar-refractivity contribution < 1.29 is 9.85 Å². The molecule has 1 aromatic rings. The minimum absolute atomic E-state index is 0.440. The molecule has 1 heterocycles. The van der Waals surface area contributed by atoms with E-state index < -0.39 is 21.2 Å². The highest BCUT2D eigenvalue weighted by Crippen LogP contribution is 2.28. The van der Waals surface area contributed by atoms with Crippen molar-refractivity contribution in [2.75, 3.05) is 32.7 Å². The first kappa shape index (κ1) is 15.3. The second-order valence-corrected chi connectivity index (χ2v) is 5.05. The highest BCUT2D eigenvalue weighted by Gasteiger charge is 2.25. The summed E-state index contributed by atoms with van der Waals surface area (Å²) in [4.78, 5) is 24.8. The van der Waals surface area contributed by atoms with E-state index in [1.807, 2.05) is 0 Å². The number of piperazine rings is 1. The maximum absolute atomic E-state index is 10.9. The summed E-state index contributed by atoms with van der Waals surface area (Å²) in [6, 6.07) is 4.12. The second-order valence-electron chi connectivity index (χ2n) is 5.05. The minimum Gasteiger partial charge on any atom is -0.301 e. The lowest BCUT2D eigenvalue weighted by Gasteiger charge is -2.33. The summed E-state index contributed by atoms with van der Waals surface area (Å²) < 4.78 is 0. The van der Waals surface area contributed by atoms with Crippen LogP contribution in [0, 0.1) is 20.2 Å². The molecule has 114 valence electrons. The van der Waals surface area contributed by atoms with Gasteiger partial charge in [-0.1, -0.05) is 13.0 Å². The van der Waals surface area contributed by atoms with Crippen LogP contribution >= 0.6 is 0 Å². The van der Waals surface area contributed by atoms with Crippen LogP contribution in [0.25, 0.3) is 0 Å². The maximum atomic E-state index is 10.9. The van der Waals surface area contributed by atoms with E-state index in [1.165, 1.54) is 12.1 Å². The van der Waals surface area contributed by atoms with E-state index in [0.29, 0.717) is 6.54 Å². The molecule has 1 saturated heterocycles. The molecular weight excluding hydrogens is 276 g/mol. The average molecular weight is 294 g/mol. The van der Waals surface area contributed by atoms with Gasteiger partial charge in [0.15, 0.2) is 0 Å². The van der Waals surface area contributed by atoms with Gasteiger partial charge in [0.05, 0.1) is 9.85 Å². The predicted octanol–water partition coefficient (Wildman–Crippen LogP) is 1.64. The lowest BCUT2D eigenvalue weighted by atomic mass is 10.1. The van der Waals surface area contributed by atoms with Crippen LogP contribution in [0.15, 0.2) is 18.2 Å². The lowest BCUT2D eigenvalue weighted by molar-refractivity contribution is -0.422. The van der Waals surface area contributed by atoms with Crippen molar-refractivity contribution in [1.29, 1.82) is 0 Å². The number of nitrogens with zero attached hydrogens (tertiary/aromatic N) is 4. The molecule has 0 aliphatic carbocycles. The van der Waals surface area contributed by atoms with E-state index in [-0.39, 0.29) is 0 Å². The number of hydrogen-bond donors (Lipinski definition) is 0. The zero-order chi connectivity index (χ0) is 15.4. The number of benzene rings is 1. The molecule has 0 amide bonds. The van der Waals surface area contributed by atoms with Gasteiger partial charge in [0.1, 0.15) is 0 Å². The van der Waals surface area contributed by atoms with Crippen molar-refractivity contribution in [3.8, 4) is 0 Å². The van der Waals surface area contributed by atoms with Gasteiger partial charge >= 0.3 is 11.4 Å². The fourth-order valence-electron chi connectivity index (χ4n) is 2.49. The number of likely N-dealkylation sites (N-methyl/N-ethyl adjacent to an activating group) is 1. The largest absolute Gasteiger partial charge is 0.346 e. The van der Waals surface area contributed by atoms with Gasteiger partial charge in [-0.3, -0.25) is 25.1 Å². The number of hydrogen-bond acceptors (Lipinski definition) is 6. The summed E-state index contributed by atoms with van der Waals surface area (Å²) in [5.41, 5.74) is -0.165. The molecule has 8 nitrogen and oxygen atoms in total. The molecule has 0 saturated carbocycles. The standard InChI is InChI=1S/C13H18N4O4/c1-2-14-5-7-15(8-6-14)10-11-3-4-12(16(18)19)13(9-11)17(20)21/h3-4,9H,2,5-8,10H2,1H3. The van der Waals surface area contributed by atoms with Gasteiger partial charge in [-0.25, -0.2) is 0 Å². The zero-order valence-electron chi connectivity index (χ0n) is 11.9. The normalized spacial score (nSPS) is 16.8. The molecule has 0 aromatic heterocycles. The Kier molecular flexibility index (Phi) is 4.81. The second kappa shape index (κ2) is 6.59. The summed E-state index contributed by atoms with van der Waals surface area (Å²) in [5.74, 6) is 0. The van der Waals surface area contributed by atoms with Crippen molar-refractivity contribution in [2.24, 2.45) is 0 Å². The van der Waals surface area contributed by atoms with Crippen molar-refractivity contribution in [1.82, 2.24) is 9.80 Å². The van der Waals surface area contributed by atoms with Crippen molar-refractivity contribution in [3.63, 3.8) is 0 Å². The summed E-state index contributed by atoms with van der Waals surface area (Å²) >= 11 is 0. The van der Waals surface area contributed by atoms with Crippen molar-refractivity contribution in [2.45, 2.75) is 13.5 Å². The Morgan fingerprint density at radius 3 is 2.10 bits per heavy atom. The molecule has 21 heavy (non-hydrogen) atoms. The first-order valence-electron chi connectivity index (χ1n) is 6.87. The molecule has 8 heteroatoms. The number of nitro benzene ring substituents is 2. The van der Waals surface area contributed by atoms with Gasteiger partial charge in [-0.15, -0.1) is 0 Å². The minimum atomic E-state index is -0.720. The Hall–Kier alpha value is -2.06. The molecule has 1 aliphatic heterocycles. The smallest absolute Gasteiger partial charge is 0.301 e. The van der Waals surface area contributed by atoms with E-state index in [2.05, 4.69) is 16.7 Å². The van der Waals surface area contributed by atoms with Gasteiger partial charge < -0.3 is 4.90 Å². The van der Waals surface area contributed by atoms with Crippen LogP contribution in [0.4, 0.5) is 11.4 Å². The summed E-state index contributed by atoms with van der Waals surface area (Å²) in [6.07, 6.45) is 0. The third kappa shape index (κ3) is 3.73. The number of nitro groups is 2. The summed E-state index contributed by atoms with van der Waals surface area (Å²) in [6.45, 7) is 7.48. The maximum Gasteiger partial charge on any atom is 0.346 e. The van der Waals surface area contributed by atoms with Crippen LogP contribution in [0.3, 0.4) is 0 Å². The molecule has 0 unspecified atom stereocenters. The van der Waals surface area contributed by atoms with Crippen LogP contribution in [0.2, 0.25) is 0 Å². The Morgan fingerprint density at radius 1 is 1.00 bits per heavy atom. The van der Waals surface area contributed by atoms with Gasteiger partial charge in [-0.05, 0) is 12.1 Å². The number of rotatable bonds is 5. The lowest BCUT2D eigenvalue weighted by Crippen LogP contribution is -2.45. The Balaban J connectivity index is 2.09. The molecule has 1 aromatic carbocycles. The third-order valence-corrected chi connectivity index (χ3v) is 3.75. The molecule has 0 radical (unpaired) electrons. The SMILES string of the molecule is CCN1CCN(Cc2ccc([N+](=O)[O-])c([N+](=O)[O-])c2)CC1. The topological polar surface area (TPSA) is 92.8 Å². The molecular formula is C13H18N4O4. The van der Waals surface area contributed by atoms with Crippen LogP contribution in [-0.4, -0.2) is 52.4 Å². The molecule has 0 atom stereocenters. The van der Waals surface area contributed by atoms with E-state index in [0.717, 1.165) is 38.3 Å². The van der Waals surface area contributed by atoms with Gasteiger partial charge in [0.2, 0.25) is 0 Å². The van der Waals surface area contributed by atoms with Crippen LogP contribution < -0.4 is 0 Å². The van der Waals surface area contributed by atoms with Crippen molar-refractivity contribution >= 4 is 11.4 Å². The molecule has 0 spiro atoms. The van der Waals surface area contributed by atoms with Crippen LogP contribution in [0.1, 0.15) is 12.5 Å². The Morgan fingerprint density at radius 2 is 1.57 bits per heavy atom. The molecule has 0 N–H and O–H groups in total. The highest BCUT2D eigenvalue weighted by atomic mass is 16.6. The van der Waals surface area contributed by atoms with Crippen LogP contribution in [-0.2, 0) is 6.54 Å². The fraction of sp³-hybridized carbons (Fsp3) is 0.538. The fourth-order valence-corrected chi connectivity index (χ4v) is 2.49. The summed E-state index contributed by atoms with van der Waals surface area (Å²) in [5, 5.41) is 21.7. The van der Waals surface area contributed by atoms with Gasteiger partial charge in [0.25, 0.3) is 0 Å². The quantitative estimate of drug-likeness (QED) is 0.605. The molecule has 1 fully saturated rings. The van der Waals surface area contributed by atoms with E-state index in [1.54, 1.807) is 6.07 Å². The first-order valence-corrected chi connectivity index (χ1v) is 6.87. The Bertz CT molecular complexity index is 541. The Labute approximate surface area is 122 Å². The van der Waals surface area contributed by atoms with Gasteiger partial charge in [-0.2, -0.15) is 0 Å². The molecule has 1 aliphatic rings. The molecule has 0 bridgehead atoms. The van der Waals surface area contributed by atoms with Crippen molar-refractivity contribution in [3.05, 3.63) is 44.0 Å². The summed E-state index contributed by atoms with van der Waals surface area (Å²) in [7, 11) is 0. The first-order chi connectivity index (χ1) is 10.0. The zero-order valence-corrected chi connectivity index (χ0v) is 11.9. The van der Waals surface area contributed by atoms with Gasteiger partial charge in [0, 0.05) is 44.9 Å². The molecule has 2 rings (SSSR count). The highest BCUT2D eigenvalue weighted by molar-refractivity contribution is 5.54. The van der Waals surface area contributed by atoms with E-state index >= 15 is 0 Å². The van der Waals surface area contributed by atoms with E-state index in [4.69, 9.17) is 0 Å². The third-order valence-electron chi connectivity index (χ3n) is 3.75. The van der Waals surface area contributed by atoms with E-state index in [9.17, 15) is 20.2 Å². The average Bonchev–Trinajstić information content (AvgIpc) is 2.47. The predicted molar refractivity (Wildman–Crippen MR) is 77.1 cm³/mol. The van der Waals surface area contributed by atoms with Crippen LogP contribution in [0.5, 0.6) is 0 Å². The monoisotopic (exact) mass is 294 g/mol.